The van der Waals surface area contributed by atoms with Gasteiger partial charge in [-0.15, -0.1) is 0 Å². The second kappa shape index (κ2) is 12.7. The number of hydrogen-bond acceptors (Lipinski definition) is 9. The Kier molecular flexibility index (Phi) is 8.61. The molecule has 2 aliphatic heterocycles. The van der Waals surface area contributed by atoms with E-state index in [1.165, 1.54) is 30.5 Å². The molecule has 0 bridgehead atoms. The number of aromatic nitrogens is 2. The minimum Gasteiger partial charge on any atom is -0.493 e. The van der Waals surface area contributed by atoms with Crippen molar-refractivity contribution in [2.24, 2.45) is 5.41 Å². The van der Waals surface area contributed by atoms with Crippen molar-refractivity contribution < 1.29 is 23.7 Å². The minimum atomic E-state index is -0.389. The van der Waals surface area contributed by atoms with E-state index in [1.54, 1.807) is 25.3 Å². The Bertz CT molecular complexity index is 1540. The molecule has 2 amide bonds. The van der Waals surface area contributed by atoms with Gasteiger partial charge in [-0.25, -0.2) is 14.8 Å². The lowest BCUT2D eigenvalue weighted by Crippen LogP contribution is -2.51. The lowest BCUT2D eigenvalue weighted by molar-refractivity contribution is -0.139. The number of methoxy groups -OCH3 is 1. The third kappa shape index (κ3) is 6.54. The number of thiophene rings is 1. The van der Waals surface area contributed by atoms with E-state index in [2.05, 4.69) is 25.5 Å². The van der Waals surface area contributed by atoms with Gasteiger partial charge in [-0.2, -0.15) is 11.3 Å². The first kappa shape index (κ1) is 28.5. The first-order valence-corrected chi connectivity index (χ1v) is 15.2. The molecule has 12 heteroatoms. The number of amides is 2. The van der Waals surface area contributed by atoms with Crippen LogP contribution in [0.3, 0.4) is 0 Å². The van der Waals surface area contributed by atoms with Crippen molar-refractivity contribution in [2.75, 3.05) is 57.2 Å². The summed E-state index contributed by atoms with van der Waals surface area (Å²) >= 11 is 7.94. The maximum atomic E-state index is 12.3. The van der Waals surface area contributed by atoms with Crippen LogP contribution in [0.2, 0.25) is 5.02 Å². The molecule has 6 rings (SSSR count). The van der Waals surface area contributed by atoms with Crippen molar-refractivity contribution in [3.05, 3.63) is 58.5 Å². The number of hydrogen-bond donors (Lipinski definition) is 2. The molecule has 220 valence electrons. The molecule has 2 aromatic heterocycles. The number of carbonyl (C=O) groups excluding carboxylic acids is 1. The molecule has 1 spiro atoms. The number of piperidine rings is 1. The van der Waals surface area contributed by atoms with E-state index in [4.69, 9.17) is 30.5 Å². The number of halogens is 1. The third-order valence-corrected chi connectivity index (χ3v) is 8.67. The SMILES string of the molecule is COc1cc2c(Oc3ccc(NC(=O)Nc4ccsc4)c(Cl)c3)ncnc2cc1OCCCN1CCC2(CC1)COC2. The molecule has 42 heavy (non-hydrogen) atoms. The van der Waals surface area contributed by atoms with Crippen LogP contribution in [0.4, 0.5) is 16.2 Å². The van der Waals surface area contributed by atoms with Crippen LogP contribution in [0.25, 0.3) is 10.9 Å². The Morgan fingerprint density at radius 3 is 2.69 bits per heavy atom. The fourth-order valence-corrected chi connectivity index (χ4v) is 5.99. The van der Waals surface area contributed by atoms with Crippen LogP contribution in [0.5, 0.6) is 23.1 Å². The molecule has 2 aromatic carbocycles. The topological polar surface area (TPSA) is 107 Å². The Morgan fingerprint density at radius 2 is 1.98 bits per heavy atom. The summed E-state index contributed by atoms with van der Waals surface area (Å²) in [5, 5.41) is 10.2. The normalized spacial score (nSPS) is 16.1. The average molecular weight is 610 g/mol. The van der Waals surface area contributed by atoms with Crippen LogP contribution in [0.15, 0.2) is 53.5 Å². The zero-order valence-corrected chi connectivity index (χ0v) is 24.8. The Labute approximate surface area is 252 Å². The molecular formula is C30H32ClN5O5S. The fourth-order valence-electron chi connectivity index (χ4n) is 5.19. The average Bonchev–Trinajstić information content (AvgIpc) is 3.49. The van der Waals surface area contributed by atoms with Gasteiger partial charge < -0.3 is 34.5 Å². The molecule has 4 aromatic rings. The van der Waals surface area contributed by atoms with Gasteiger partial charge in [0.1, 0.15) is 12.1 Å². The van der Waals surface area contributed by atoms with Crippen molar-refractivity contribution in [3.8, 4) is 23.1 Å². The second-order valence-corrected chi connectivity index (χ2v) is 11.8. The molecule has 2 fully saturated rings. The summed E-state index contributed by atoms with van der Waals surface area (Å²) in [6.45, 7) is 5.68. The first-order chi connectivity index (χ1) is 20.5. The van der Waals surface area contributed by atoms with Gasteiger partial charge in [0.05, 0.1) is 54.2 Å². The summed E-state index contributed by atoms with van der Waals surface area (Å²) in [4.78, 5) is 23.5. The number of benzene rings is 2. The van der Waals surface area contributed by atoms with Gasteiger partial charge in [0.2, 0.25) is 5.88 Å². The number of fused-ring (bicyclic) bond motifs is 1. The molecule has 0 aliphatic carbocycles. The molecular weight excluding hydrogens is 578 g/mol. The van der Waals surface area contributed by atoms with E-state index in [0.717, 1.165) is 39.3 Å². The number of nitrogens with zero attached hydrogens (tertiary/aromatic N) is 3. The summed E-state index contributed by atoms with van der Waals surface area (Å²) in [5.41, 5.74) is 2.27. The predicted molar refractivity (Wildman–Crippen MR) is 164 cm³/mol. The van der Waals surface area contributed by atoms with Gasteiger partial charge >= 0.3 is 6.03 Å². The lowest BCUT2D eigenvalue weighted by atomic mass is 9.77. The molecule has 4 heterocycles. The van der Waals surface area contributed by atoms with E-state index in [9.17, 15) is 4.79 Å². The van der Waals surface area contributed by atoms with Crippen LogP contribution in [0, 0.1) is 5.41 Å². The quantitative estimate of drug-likeness (QED) is 0.192. The highest BCUT2D eigenvalue weighted by atomic mass is 35.5. The molecule has 10 nitrogen and oxygen atoms in total. The molecule has 0 radical (unpaired) electrons. The first-order valence-electron chi connectivity index (χ1n) is 13.8. The number of anilines is 2. The molecule has 0 atom stereocenters. The van der Waals surface area contributed by atoms with Gasteiger partial charge in [-0.1, -0.05) is 11.6 Å². The highest BCUT2D eigenvalue weighted by Crippen LogP contribution is 2.39. The van der Waals surface area contributed by atoms with E-state index >= 15 is 0 Å². The summed E-state index contributed by atoms with van der Waals surface area (Å²) in [6.07, 6.45) is 4.80. The highest BCUT2D eigenvalue weighted by Gasteiger charge is 2.40. The van der Waals surface area contributed by atoms with Gasteiger partial charge in [-0.05, 0) is 62.0 Å². The Hall–Kier alpha value is -3.64. The zero-order valence-electron chi connectivity index (χ0n) is 23.2. The molecule has 0 unspecified atom stereocenters. The number of carbonyl (C=O) groups is 1. The van der Waals surface area contributed by atoms with Gasteiger partial charge in [-0.3, -0.25) is 0 Å². The van der Waals surface area contributed by atoms with Gasteiger partial charge in [0, 0.05) is 29.5 Å². The molecule has 0 saturated carbocycles. The lowest BCUT2D eigenvalue weighted by Gasteiger charge is -2.47. The Balaban J connectivity index is 1.07. The van der Waals surface area contributed by atoms with Crippen LogP contribution in [-0.2, 0) is 4.74 Å². The van der Waals surface area contributed by atoms with Crippen molar-refractivity contribution in [1.82, 2.24) is 14.9 Å². The molecule has 2 N–H and O–H groups in total. The number of ether oxygens (including phenoxy) is 4. The Morgan fingerprint density at radius 1 is 1.12 bits per heavy atom. The van der Waals surface area contributed by atoms with E-state index in [-0.39, 0.29) is 6.03 Å². The number of rotatable bonds is 10. The number of nitrogens with one attached hydrogen (secondary N) is 2. The standard InChI is InChI=1S/C30H32ClN5O5S/c1-38-26-14-22-25(15-27(26)40-11-2-8-36-9-6-30(7-10-36)17-39-18-30)32-19-33-28(22)41-21-3-4-24(23(31)13-21)35-29(37)34-20-5-12-42-16-20/h3-5,12-16,19H,2,6-11,17-18H2,1H3,(H2,34,35,37). The monoisotopic (exact) mass is 609 g/mol. The van der Waals surface area contributed by atoms with Crippen molar-refractivity contribution in [3.63, 3.8) is 0 Å². The van der Waals surface area contributed by atoms with Gasteiger partial charge in [0.15, 0.2) is 11.5 Å². The summed E-state index contributed by atoms with van der Waals surface area (Å²) in [6, 6.07) is 10.1. The third-order valence-electron chi connectivity index (χ3n) is 7.68. The van der Waals surface area contributed by atoms with E-state index in [0.29, 0.717) is 62.5 Å². The van der Waals surface area contributed by atoms with Crippen LogP contribution in [0.1, 0.15) is 19.3 Å². The van der Waals surface area contributed by atoms with Crippen LogP contribution < -0.4 is 24.8 Å². The van der Waals surface area contributed by atoms with Crippen LogP contribution in [-0.4, -0.2) is 67.5 Å². The van der Waals surface area contributed by atoms with E-state index in [1.807, 2.05) is 29.0 Å². The maximum absolute atomic E-state index is 12.3. The second-order valence-electron chi connectivity index (χ2n) is 10.6. The molecule has 2 saturated heterocycles. The van der Waals surface area contributed by atoms with Crippen LogP contribution >= 0.6 is 22.9 Å². The largest absolute Gasteiger partial charge is 0.493 e. The zero-order chi connectivity index (χ0) is 28.9. The number of urea groups is 1. The number of likely N-dealkylation sites (tertiary alicyclic amines) is 1. The predicted octanol–water partition coefficient (Wildman–Crippen LogP) is 6.67. The van der Waals surface area contributed by atoms with Crippen molar-refractivity contribution >= 4 is 51.2 Å². The summed E-state index contributed by atoms with van der Waals surface area (Å²) in [5.74, 6) is 1.99. The van der Waals surface area contributed by atoms with Crippen molar-refractivity contribution in [1.29, 1.82) is 0 Å². The van der Waals surface area contributed by atoms with Gasteiger partial charge in [0.25, 0.3) is 0 Å². The minimum absolute atomic E-state index is 0.320. The van der Waals surface area contributed by atoms with Crippen molar-refractivity contribution in [2.45, 2.75) is 19.3 Å². The summed E-state index contributed by atoms with van der Waals surface area (Å²) in [7, 11) is 1.60. The maximum Gasteiger partial charge on any atom is 0.323 e. The smallest absolute Gasteiger partial charge is 0.323 e. The summed E-state index contributed by atoms with van der Waals surface area (Å²) < 4.78 is 23.3. The fraction of sp³-hybridized carbons (Fsp3) is 0.367. The van der Waals surface area contributed by atoms with E-state index < -0.39 is 0 Å². The molecule has 2 aliphatic rings. The highest BCUT2D eigenvalue weighted by molar-refractivity contribution is 7.08.